The first-order valence-corrected chi connectivity index (χ1v) is 10.9. The van der Waals surface area contributed by atoms with Gasteiger partial charge >= 0.3 is 17.6 Å². The predicted molar refractivity (Wildman–Crippen MR) is 122 cm³/mol. The number of benzene rings is 2. The van der Waals surface area contributed by atoms with Crippen molar-refractivity contribution in [3.63, 3.8) is 0 Å². The molecule has 4 rings (SSSR count). The molecule has 1 aliphatic heterocycles. The van der Waals surface area contributed by atoms with Gasteiger partial charge in [-0.15, -0.1) is 11.6 Å². The first kappa shape index (κ1) is 23.5. The number of nitrogens with zero attached hydrogens (tertiary/aromatic N) is 1. The zero-order valence-corrected chi connectivity index (χ0v) is 18.8. The summed E-state index contributed by atoms with van der Waals surface area (Å²) in [6, 6.07) is 16.6. The average molecular weight is 485 g/mol. The summed E-state index contributed by atoms with van der Waals surface area (Å²) in [5.74, 6) is -1.24. The third kappa shape index (κ3) is 4.95. The Labute approximate surface area is 198 Å². The largest absolute Gasteiger partial charge is 0.459 e. The molecule has 1 aromatic heterocycles. The van der Waals surface area contributed by atoms with Crippen LogP contribution in [0.25, 0.3) is 0 Å². The molecule has 0 bridgehead atoms. The Balaban J connectivity index is 1.59. The van der Waals surface area contributed by atoms with E-state index in [1.165, 1.54) is 13.1 Å². The van der Waals surface area contributed by atoms with Gasteiger partial charge in [-0.2, -0.15) is 0 Å². The summed E-state index contributed by atoms with van der Waals surface area (Å²) >= 11 is 6.61. The van der Waals surface area contributed by atoms with Crippen molar-refractivity contribution in [2.24, 2.45) is 0 Å². The van der Waals surface area contributed by atoms with E-state index in [9.17, 15) is 19.2 Å². The molecule has 0 spiro atoms. The Morgan fingerprint density at radius 1 is 1.00 bits per heavy atom. The molecule has 1 aliphatic rings. The molecule has 2 aromatic carbocycles. The van der Waals surface area contributed by atoms with Crippen LogP contribution >= 0.6 is 11.6 Å². The number of halogens is 1. The van der Waals surface area contributed by atoms with Crippen molar-refractivity contribution in [2.75, 3.05) is 6.61 Å². The lowest BCUT2D eigenvalue weighted by molar-refractivity contribution is -0.0582. The molecule has 34 heavy (non-hydrogen) atoms. The molecule has 9 nitrogen and oxygen atoms in total. The Bertz CT molecular complexity index is 1290. The molecule has 1 fully saturated rings. The van der Waals surface area contributed by atoms with E-state index in [-0.39, 0.29) is 12.2 Å². The fourth-order valence-corrected chi connectivity index (χ4v) is 3.94. The van der Waals surface area contributed by atoms with Crippen LogP contribution in [-0.2, 0) is 14.2 Å². The minimum absolute atomic E-state index is 0.267. The molecule has 1 saturated heterocycles. The summed E-state index contributed by atoms with van der Waals surface area (Å²) < 4.78 is 18.1. The summed E-state index contributed by atoms with van der Waals surface area (Å²) in [5, 5.41) is -1.02. The van der Waals surface area contributed by atoms with Crippen LogP contribution in [0.15, 0.2) is 76.4 Å². The van der Waals surface area contributed by atoms with Gasteiger partial charge in [0.25, 0.3) is 5.56 Å². The maximum absolute atomic E-state index is 12.7. The normalized spacial score (nSPS) is 21.7. The van der Waals surface area contributed by atoms with Crippen molar-refractivity contribution >= 4 is 23.5 Å². The quantitative estimate of drug-likeness (QED) is 0.422. The topological polar surface area (TPSA) is 117 Å². The van der Waals surface area contributed by atoms with Gasteiger partial charge in [0.2, 0.25) is 0 Å². The van der Waals surface area contributed by atoms with Gasteiger partial charge < -0.3 is 14.2 Å². The smallest absolute Gasteiger partial charge is 0.338 e. The zero-order valence-electron chi connectivity index (χ0n) is 18.1. The van der Waals surface area contributed by atoms with Crippen molar-refractivity contribution in [1.82, 2.24) is 9.55 Å². The summed E-state index contributed by atoms with van der Waals surface area (Å²) in [4.78, 5) is 51.5. The van der Waals surface area contributed by atoms with Crippen molar-refractivity contribution in [1.29, 1.82) is 0 Å². The van der Waals surface area contributed by atoms with Gasteiger partial charge in [-0.25, -0.2) is 14.4 Å². The highest BCUT2D eigenvalue weighted by atomic mass is 35.5. The standard InChI is InChI=1S/C24H21ClN2O7/c1-14-12-27(24(31)26-20(14)28)21-18(25)19(34-23(30)16-10-6-3-7-11-16)17(33-21)13-32-22(29)15-8-4-2-5-9-15/h2-12,17-19,21H,13H2,1H3,(H,26,28,31)/t17?,18-,19+,21+/m0/s1. The zero-order chi connectivity index (χ0) is 24.2. The second-order valence-corrected chi connectivity index (χ2v) is 8.19. The van der Waals surface area contributed by atoms with Crippen LogP contribution in [0.2, 0.25) is 0 Å². The Morgan fingerprint density at radius 2 is 1.59 bits per heavy atom. The predicted octanol–water partition coefficient (Wildman–Crippen LogP) is 2.43. The maximum atomic E-state index is 12.7. The molecule has 2 heterocycles. The molecule has 0 radical (unpaired) electrons. The van der Waals surface area contributed by atoms with Gasteiger partial charge in [-0.05, 0) is 31.2 Å². The first-order chi connectivity index (χ1) is 16.3. The second-order valence-electron chi connectivity index (χ2n) is 7.69. The van der Waals surface area contributed by atoms with E-state index >= 15 is 0 Å². The third-order valence-electron chi connectivity index (χ3n) is 5.33. The number of hydrogen-bond acceptors (Lipinski definition) is 7. The van der Waals surface area contributed by atoms with Gasteiger partial charge in [0, 0.05) is 11.8 Å². The number of alkyl halides is 1. The van der Waals surface area contributed by atoms with E-state index in [1.807, 2.05) is 0 Å². The molecule has 176 valence electrons. The number of H-pyrrole nitrogens is 1. The fraction of sp³-hybridized carbons (Fsp3) is 0.250. The molecule has 3 aromatic rings. The van der Waals surface area contributed by atoms with Crippen molar-refractivity contribution in [2.45, 2.75) is 30.7 Å². The van der Waals surface area contributed by atoms with E-state index in [4.69, 9.17) is 25.8 Å². The molecule has 0 amide bonds. The van der Waals surface area contributed by atoms with Crippen LogP contribution in [0.5, 0.6) is 0 Å². The van der Waals surface area contributed by atoms with Crippen LogP contribution < -0.4 is 11.2 Å². The summed E-state index contributed by atoms with van der Waals surface area (Å²) in [5.41, 5.74) is -0.368. The van der Waals surface area contributed by atoms with E-state index < -0.39 is 47.0 Å². The van der Waals surface area contributed by atoms with Crippen molar-refractivity contribution in [3.8, 4) is 0 Å². The molecule has 0 saturated carbocycles. The molecule has 4 atom stereocenters. The number of carbonyl (C=O) groups excluding carboxylic acids is 2. The molecule has 0 aliphatic carbocycles. The number of carbonyl (C=O) groups is 2. The molecule has 1 N–H and O–H groups in total. The summed E-state index contributed by atoms with van der Waals surface area (Å²) in [7, 11) is 0. The molecular weight excluding hydrogens is 464 g/mol. The van der Waals surface area contributed by atoms with Crippen LogP contribution in [-0.4, -0.2) is 45.7 Å². The number of nitrogens with one attached hydrogen (secondary N) is 1. The lowest BCUT2D eigenvalue weighted by Crippen LogP contribution is -2.38. The molecule has 1 unspecified atom stereocenters. The number of rotatable bonds is 6. The second kappa shape index (κ2) is 10.1. The van der Waals surface area contributed by atoms with Crippen LogP contribution in [0.4, 0.5) is 0 Å². The number of ether oxygens (including phenoxy) is 3. The monoisotopic (exact) mass is 484 g/mol. The maximum Gasteiger partial charge on any atom is 0.338 e. The Morgan fingerprint density at radius 3 is 2.21 bits per heavy atom. The lowest BCUT2D eigenvalue weighted by Gasteiger charge is -2.20. The van der Waals surface area contributed by atoms with Gasteiger partial charge in [0.15, 0.2) is 12.3 Å². The third-order valence-corrected chi connectivity index (χ3v) is 5.79. The number of esters is 2. The summed E-state index contributed by atoms with van der Waals surface area (Å²) in [6.07, 6.45) is -1.79. The number of aromatic amines is 1. The minimum atomic E-state index is -1.08. The van der Waals surface area contributed by atoms with Gasteiger partial charge in [0.05, 0.1) is 11.1 Å². The highest BCUT2D eigenvalue weighted by molar-refractivity contribution is 6.21. The highest BCUT2D eigenvalue weighted by Gasteiger charge is 2.48. The van der Waals surface area contributed by atoms with Crippen LogP contribution in [0.1, 0.15) is 32.5 Å². The first-order valence-electron chi connectivity index (χ1n) is 10.4. The Hall–Kier alpha value is -3.69. The van der Waals surface area contributed by atoms with Gasteiger partial charge in [0.1, 0.15) is 18.1 Å². The number of aryl methyl sites for hydroxylation is 1. The van der Waals surface area contributed by atoms with E-state index in [0.717, 1.165) is 4.57 Å². The van der Waals surface area contributed by atoms with Gasteiger partial charge in [-0.1, -0.05) is 36.4 Å². The number of aromatic nitrogens is 2. The van der Waals surface area contributed by atoms with Crippen molar-refractivity contribution < 1.29 is 23.8 Å². The van der Waals surface area contributed by atoms with E-state index in [0.29, 0.717) is 11.1 Å². The SMILES string of the molecule is Cc1cn([C@@H]2OC(COC(=O)c3ccccc3)[C@@H](OC(=O)c3ccccc3)[C@@H]2Cl)c(=O)[nH]c1=O. The van der Waals surface area contributed by atoms with Crippen LogP contribution in [0, 0.1) is 6.92 Å². The van der Waals surface area contributed by atoms with E-state index in [1.54, 1.807) is 60.7 Å². The van der Waals surface area contributed by atoms with E-state index in [2.05, 4.69) is 4.98 Å². The average Bonchev–Trinajstić information content (AvgIpc) is 3.15. The lowest BCUT2D eigenvalue weighted by atomic mass is 10.1. The highest BCUT2D eigenvalue weighted by Crippen LogP contribution is 2.35. The van der Waals surface area contributed by atoms with Crippen molar-refractivity contribution in [3.05, 3.63) is 104 Å². The van der Waals surface area contributed by atoms with Crippen LogP contribution in [0.3, 0.4) is 0 Å². The Kier molecular flexibility index (Phi) is 6.95. The number of hydrogen-bond donors (Lipinski definition) is 1. The van der Waals surface area contributed by atoms with Gasteiger partial charge in [-0.3, -0.25) is 14.3 Å². The molecule has 10 heteroatoms. The summed E-state index contributed by atoms with van der Waals surface area (Å²) in [6.45, 7) is 1.25. The minimum Gasteiger partial charge on any atom is -0.459 e. The molecular formula is C24H21ClN2O7. The fourth-order valence-electron chi connectivity index (χ4n) is 3.55.